The molecule has 0 amide bonds. The summed E-state index contributed by atoms with van der Waals surface area (Å²) in [6.45, 7) is 5.59. The third-order valence-corrected chi connectivity index (χ3v) is 3.22. The van der Waals surface area contributed by atoms with Crippen LogP contribution in [0.4, 0.5) is 0 Å². The molecule has 0 aromatic carbocycles. The van der Waals surface area contributed by atoms with Crippen LogP contribution in [0.1, 0.15) is 45.4 Å². The van der Waals surface area contributed by atoms with Crippen molar-refractivity contribution < 1.29 is 4.74 Å². The van der Waals surface area contributed by atoms with Gasteiger partial charge in [-0.3, -0.25) is 4.90 Å². The van der Waals surface area contributed by atoms with Gasteiger partial charge in [0.15, 0.2) is 0 Å². The average Bonchev–Trinajstić information content (AvgIpc) is 2.24. The van der Waals surface area contributed by atoms with Crippen LogP contribution in [-0.2, 0) is 4.74 Å². The Bertz CT molecular complexity index is 122. The van der Waals surface area contributed by atoms with Crippen molar-refractivity contribution in [1.29, 1.82) is 0 Å². The van der Waals surface area contributed by atoms with E-state index in [1.54, 1.807) is 7.11 Å². The van der Waals surface area contributed by atoms with Crippen LogP contribution in [-0.4, -0.2) is 37.7 Å². The zero-order valence-electron chi connectivity index (χ0n) is 9.80. The van der Waals surface area contributed by atoms with Crippen LogP contribution in [0, 0.1) is 0 Å². The molecule has 0 aromatic rings. The number of likely N-dealkylation sites (tertiary alicyclic amines) is 1. The highest BCUT2D eigenvalue weighted by atomic mass is 16.5. The Hall–Kier alpha value is -0.0800. The largest absolute Gasteiger partial charge is 0.383 e. The summed E-state index contributed by atoms with van der Waals surface area (Å²) in [4.78, 5) is 2.63. The number of piperidine rings is 1. The Labute approximate surface area is 88.6 Å². The first kappa shape index (κ1) is 12.0. The second-order valence-electron chi connectivity index (χ2n) is 4.32. The lowest BCUT2D eigenvalue weighted by atomic mass is 9.97. The van der Waals surface area contributed by atoms with Crippen LogP contribution < -0.4 is 0 Å². The summed E-state index contributed by atoms with van der Waals surface area (Å²) >= 11 is 0. The van der Waals surface area contributed by atoms with Crippen LogP contribution in [0.2, 0.25) is 0 Å². The molecule has 14 heavy (non-hydrogen) atoms. The zero-order chi connectivity index (χ0) is 10.2. The van der Waals surface area contributed by atoms with Gasteiger partial charge in [-0.15, -0.1) is 0 Å². The fraction of sp³-hybridized carbons (Fsp3) is 1.00. The normalized spacial score (nSPS) is 24.0. The summed E-state index contributed by atoms with van der Waals surface area (Å²) in [7, 11) is 1.80. The molecule has 2 nitrogen and oxygen atoms in total. The van der Waals surface area contributed by atoms with Crippen molar-refractivity contribution in [3.63, 3.8) is 0 Å². The molecular formula is C12H25NO. The fourth-order valence-electron chi connectivity index (χ4n) is 2.33. The topological polar surface area (TPSA) is 12.5 Å². The number of hydrogen-bond donors (Lipinski definition) is 0. The van der Waals surface area contributed by atoms with E-state index in [2.05, 4.69) is 11.8 Å². The molecule has 1 heterocycles. The van der Waals surface area contributed by atoms with Gasteiger partial charge < -0.3 is 4.74 Å². The molecule has 0 aliphatic carbocycles. The number of rotatable bonds is 6. The molecule has 1 atom stereocenters. The van der Waals surface area contributed by atoms with Crippen molar-refractivity contribution in [1.82, 2.24) is 4.90 Å². The first-order valence-corrected chi connectivity index (χ1v) is 6.11. The van der Waals surface area contributed by atoms with E-state index in [4.69, 9.17) is 4.74 Å². The molecule has 1 aliphatic heterocycles. The number of ether oxygens (including phenoxy) is 1. The molecule has 1 saturated heterocycles. The smallest absolute Gasteiger partial charge is 0.0589 e. The minimum atomic E-state index is 0.846. The van der Waals surface area contributed by atoms with Crippen LogP contribution in [0.5, 0.6) is 0 Å². The summed E-state index contributed by atoms with van der Waals surface area (Å²) in [5.74, 6) is 0. The van der Waals surface area contributed by atoms with Gasteiger partial charge in [0.05, 0.1) is 6.61 Å². The van der Waals surface area contributed by atoms with Gasteiger partial charge in [-0.05, 0) is 25.8 Å². The summed E-state index contributed by atoms with van der Waals surface area (Å²) in [5, 5.41) is 0. The van der Waals surface area contributed by atoms with Crippen molar-refractivity contribution in [3.8, 4) is 0 Å². The maximum absolute atomic E-state index is 5.16. The average molecular weight is 199 g/mol. The summed E-state index contributed by atoms with van der Waals surface area (Å²) in [6, 6.07) is 0.846. The Morgan fingerprint density at radius 2 is 2.21 bits per heavy atom. The van der Waals surface area contributed by atoms with Crippen molar-refractivity contribution in [2.45, 2.75) is 51.5 Å². The molecule has 0 aromatic heterocycles. The number of nitrogens with zero attached hydrogens (tertiary/aromatic N) is 1. The molecule has 1 fully saturated rings. The molecule has 1 unspecified atom stereocenters. The van der Waals surface area contributed by atoms with Gasteiger partial charge in [0.25, 0.3) is 0 Å². The molecule has 0 spiro atoms. The summed E-state index contributed by atoms with van der Waals surface area (Å²) < 4.78 is 5.16. The second-order valence-corrected chi connectivity index (χ2v) is 4.32. The van der Waals surface area contributed by atoms with E-state index in [0.29, 0.717) is 0 Å². The molecule has 0 bridgehead atoms. The van der Waals surface area contributed by atoms with Gasteiger partial charge in [0.1, 0.15) is 0 Å². The minimum Gasteiger partial charge on any atom is -0.383 e. The van der Waals surface area contributed by atoms with E-state index in [1.165, 1.54) is 45.1 Å². The van der Waals surface area contributed by atoms with Crippen molar-refractivity contribution >= 4 is 0 Å². The number of hydrogen-bond acceptors (Lipinski definition) is 2. The first-order valence-electron chi connectivity index (χ1n) is 6.11. The van der Waals surface area contributed by atoms with E-state index in [0.717, 1.165) is 19.2 Å². The standard InChI is InChI=1S/C12H25NO/c1-3-4-7-12-8-5-6-9-13(12)10-11-14-2/h12H,3-11H2,1-2H3. The highest BCUT2D eigenvalue weighted by molar-refractivity contribution is 4.76. The van der Waals surface area contributed by atoms with E-state index in [9.17, 15) is 0 Å². The van der Waals surface area contributed by atoms with Gasteiger partial charge in [0.2, 0.25) is 0 Å². The van der Waals surface area contributed by atoms with Gasteiger partial charge in [-0.1, -0.05) is 26.2 Å². The number of methoxy groups -OCH3 is 1. The van der Waals surface area contributed by atoms with E-state index < -0.39 is 0 Å². The molecule has 1 rings (SSSR count). The molecule has 2 heteroatoms. The van der Waals surface area contributed by atoms with Crippen LogP contribution in [0.15, 0.2) is 0 Å². The molecule has 0 radical (unpaired) electrons. The van der Waals surface area contributed by atoms with Crippen LogP contribution in [0.25, 0.3) is 0 Å². The predicted molar refractivity (Wildman–Crippen MR) is 60.6 cm³/mol. The monoisotopic (exact) mass is 199 g/mol. The first-order chi connectivity index (χ1) is 6.88. The van der Waals surface area contributed by atoms with Gasteiger partial charge in [-0.25, -0.2) is 0 Å². The highest BCUT2D eigenvalue weighted by Gasteiger charge is 2.20. The lowest BCUT2D eigenvalue weighted by Gasteiger charge is -2.35. The van der Waals surface area contributed by atoms with Gasteiger partial charge >= 0.3 is 0 Å². The SMILES string of the molecule is CCCCC1CCCCN1CCOC. The quantitative estimate of drug-likeness (QED) is 0.652. The highest BCUT2D eigenvalue weighted by Crippen LogP contribution is 2.20. The lowest BCUT2D eigenvalue weighted by Crippen LogP contribution is -2.41. The molecule has 0 N–H and O–H groups in total. The van der Waals surface area contributed by atoms with Gasteiger partial charge in [-0.2, -0.15) is 0 Å². The van der Waals surface area contributed by atoms with E-state index >= 15 is 0 Å². The van der Waals surface area contributed by atoms with Crippen molar-refractivity contribution in [2.75, 3.05) is 26.8 Å². The molecule has 1 aliphatic rings. The van der Waals surface area contributed by atoms with Gasteiger partial charge in [0, 0.05) is 19.7 Å². The van der Waals surface area contributed by atoms with Crippen LogP contribution >= 0.6 is 0 Å². The lowest BCUT2D eigenvalue weighted by molar-refractivity contribution is 0.0910. The zero-order valence-corrected chi connectivity index (χ0v) is 9.80. The Morgan fingerprint density at radius 3 is 2.93 bits per heavy atom. The number of unbranched alkanes of at least 4 members (excludes halogenated alkanes) is 1. The second kappa shape index (κ2) is 7.24. The third kappa shape index (κ3) is 3.97. The molecular weight excluding hydrogens is 174 g/mol. The Morgan fingerprint density at radius 1 is 1.36 bits per heavy atom. The van der Waals surface area contributed by atoms with E-state index in [-0.39, 0.29) is 0 Å². The summed E-state index contributed by atoms with van der Waals surface area (Å²) in [5.41, 5.74) is 0. The van der Waals surface area contributed by atoms with Crippen molar-refractivity contribution in [2.24, 2.45) is 0 Å². The fourth-order valence-corrected chi connectivity index (χ4v) is 2.33. The molecule has 84 valence electrons. The minimum absolute atomic E-state index is 0.846. The maximum atomic E-state index is 5.16. The third-order valence-electron chi connectivity index (χ3n) is 3.22. The summed E-state index contributed by atoms with van der Waals surface area (Å²) in [6.07, 6.45) is 8.32. The van der Waals surface area contributed by atoms with Crippen molar-refractivity contribution in [3.05, 3.63) is 0 Å². The Kier molecular flexibility index (Phi) is 6.20. The predicted octanol–water partition coefficient (Wildman–Crippen LogP) is 2.68. The molecule has 0 saturated carbocycles. The van der Waals surface area contributed by atoms with E-state index in [1.807, 2.05) is 0 Å². The Balaban J connectivity index is 2.26. The maximum Gasteiger partial charge on any atom is 0.0589 e. The van der Waals surface area contributed by atoms with Crippen LogP contribution in [0.3, 0.4) is 0 Å².